The maximum absolute atomic E-state index is 10.0. The number of hydrogen-bond acceptors (Lipinski definition) is 3. The number of rotatable bonds is 8. The summed E-state index contributed by atoms with van der Waals surface area (Å²) in [5.74, 6) is 1.40. The highest BCUT2D eigenvalue weighted by Gasteiger charge is 2.35. The van der Waals surface area contributed by atoms with Gasteiger partial charge in [-0.15, -0.1) is 0 Å². The SMILES string of the molecule is CCCCN(CCCC)c1[nH+]c(C(C)C)c2c(c1C#N)CC(C)(C)OC2. The molecule has 0 aliphatic carbocycles. The molecule has 1 N–H and O–H groups in total. The Morgan fingerprint density at radius 2 is 1.77 bits per heavy atom. The van der Waals surface area contributed by atoms with Crippen LogP contribution in [0, 0.1) is 11.3 Å². The molecular formula is C22H36N3O+. The second-order valence-corrected chi connectivity index (χ2v) is 8.41. The van der Waals surface area contributed by atoms with Gasteiger partial charge in [0.05, 0.1) is 25.3 Å². The van der Waals surface area contributed by atoms with Crippen LogP contribution in [0.1, 0.15) is 95.5 Å². The fraction of sp³-hybridized carbons (Fsp3) is 0.727. The van der Waals surface area contributed by atoms with Gasteiger partial charge < -0.3 is 4.74 Å². The lowest BCUT2D eigenvalue weighted by molar-refractivity contribution is -0.380. The van der Waals surface area contributed by atoms with Gasteiger partial charge in [0, 0.05) is 17.9 Å². The molecule has 2 rings (SSSR count). The summed E-state index contributed by atoms with van der Waals surface area (Å²) in [5, 5.41) is 10.0. The maximum atomic E-state index is 10.0. The second-order valence-electron chi connectivity index (χ2n) is 8.41. The van der Waals surface area contributed by atoms with Gasteiger partial charge in [0.15, 0.2) is 0 Å². The van der Waals surface area contributed by atoms with Crippen molar-refractivity contribution >= 4 is 5.82 Å². The Morgan fingerprint density at radius 1 is 1.15 bits per heavy atom. The number of hydrogen-bond donors (Lipinski definition) is 0. The monoisotopic (exact) mass is 358 g/mol. The first-order valence-corrected chi connectivity index (χ1v) is 10.2. The third kappa shape index (κ3) is 4.57. The number of unbranched alkanes of at least 4 members (excludes halogenated alkanes) is 2. The number of H-pyrrole nitrogens is 1. The predicted molar refractivity (Wildman–Crippen MR) is 106 cm³/mol. The predicted octanol–water partition coefficient (Wildman–Crippen LogP) is 4.75. The molecule has 144 valence electrons. The maximum Gasteiger partial charge on any atom is 0.293 e. The molecule has 0 saturated heterocycles. The molecule has 0 saturated carbocycles. The smallest absolute Gasteiger partial charge is 0.293 e. The summed E-state index contributed by atoms with van der Waals surface area (Å²) in [6.07, 6.45) is 5.40. The molecule has 1 aromatic heterocycles. The zero-order valence-corrected chi connectivity index (χ0v) is 17.5. The highest BCUT2D eigenvalue weighted by atomic mass is 16.5. The van der Waals surface area contributed by atoms with Crippen LogP contribution in [0.3, 0.4) is 0 Å². The van der Waals surface area contributed by atoms with Gasteiger partial charge in [0.25, 0.3) is 5.82 Å². The fourth-order valence-electron chi connectivity index (χ4n) is 3.71. The fourth-order valence-corrected chi connectivity index (χ4v) is 3.71. The van der Waals surface area contributed by atoms with Crippen LogP contribution in [0.2, 0.25) is 0 Å². The third-order valence-electron chi connectivity index (χ3n) is 5.26. The number of anilines is 1. The third-order valence-corrected chi connectivity index (χ3v) is 5.26. The number of pyridine rings is 1. The van der Waals surface area contributed by atoms with Crippen molar-refractivity contribution in [2.45, 2.75) is 91.8 Å². The van der Waals surface area contributed by atoms with Crippen LogP contribution < -0.4 is 9.88 Å². The first kappa shape index (κ1) is 20.7. The van der Waals surface area contributed by atoms with E-state index >= 15 is 0 Å². The van der Waals surface area contributed by atoms with Crippen LogP contribution in [0.25, 0.3) is 0 Å². The van der Waals surface area contributed by atoms with Crippen molar-refractivity contribution in [1.29, 1.82) is 5.26 Å². The molecule has 2 heterocycles. The zero-order valence-electron chi connectivity index (χ0n) is 17.5. The van der Waals surface area contributed by atoms with E-state index in [1.54, 1.807) is 0 Å². The number of nitrogens with zero attached hydrogens (tertiary/aromatic N) is 2. The Kier molecular flexibility index (Phi) is 7.06. The molecule has 0 aromatic carbocycles. The number of fused-ring (bicyclic) bond motifs is 1. The molecule has 26 heavy (non-hydrogen) atoms. The number of nitrogens with one attached hydrogen (secondary N) is 1. The van der Waals surface area contributed by atoms with Crippen LogP contribution in [0.4, 0.5) is 5.82 Å². The second kappa shape index (κ2) is 8.86. The van der Waals surface area contributed by atoms with Gasteiger partial charge in [-0.05, 0) is 32.3 Å². The van der Waals surface area contributed by atoms with E-state index in [1.807, 2.05) is 0 Å². The molecule has 0 fully saturated rings. The van der Waals surface area contributed by atoms with Crippen molar-refractivity contribution in [3.05, 3.63) is 22.4 Å². The van der Waals surface area contributed by atoms with Gasteiger partial charge in [-0.1, -0.05) is 40.5 Å². The van der Waals surface area contributed by atoms with Gasteiger partial charge in [-0.3, -0.25) is 4.90 Å². The minimum atomic E-state index is -0.219. The van der Waals surface area contributed by atoms with E-state index in [0.29, 0.717) is 12.5 Å². The normalized spacial score (nSPS) is 15.6. The van der Waals surface area contributed by atoms with Gasteiger partial charge >= 0.3 is 0 Å². The molecule has 0 radical (unpaired) electrons. The van der Waals surface area contributed by atoms with Crippen LogP contribution in [-0.2, 0) is 17.8 Å². The van der Waals surface area contributed by atoms with Crippen LogP contribution >= 0.6 is 0 Å². The van der Waals surface area contributed by atoms with Crippen molar-refractivity contribution in [1.82, 2.24) is 0 Å². The summed E-state index contributed by atoms with van der Waals surface area (Å²) in [6, 6.07) is 2.53. The van der Waals surface area contributed by atoms with Crippen molar-refractivity contribution in [2.24, 2.45) is 0 Å². The Balaban J connectivity index is 2.60. The molecule has 4 heteroatoms. The highest BCUT2D eigenvalue weighted by Crippen LogP contribution is 2.35. The molecule has 0 bridgehead atoms. The summed E-state index contributed by atoms with van der Waals surface area (Å²) >= 11 is 0. The van der Waals surface area contributed by atoms with Gasteiger partial charge in [0.1, 0.15) is 17.3 Å². The average Bonchev–Trinajstić information content (AvgIpc) is 2.59. The van der Waals surface area contributed by atoms with Gasteiger partial charge in [-0.2, -0.15) is 5.26 Å². The van der Waals surface area contributed by atoms with Crippen LogP contribution in [0.5, 0.6) is 0 Å². The standard InChI is InChI=1S/C22H35N3O/c1-7-9-11-25(12-10-8-2)21-18(14-23)17-13-22(5,6)26-15-19(17)20(24-21)16(3)4/h16H,7-13,15H2,1-6H3/p+1. The summed E-state index contributed by atoms with van der Waals surface area (Å²) in [7, 11) is 0. The number of ether oxygens (including phenoxy) is 1. The van der Waals surface area contributed by atoms with E-state index in [4.69, 9.17) is 4.74 Å². The molecule has 0 unspecified atom stereocenters. The number of nitriles is 1. The number of aromatic nitrogens is 1. The molecular weight excluding hydrogens is 322 g/mol. The van der Waals surface area contributed by atoms with E-state index in [9.17, 15) is 5.26 Å². The molecule has 1 aromatic rings. The quantitative estimate of drug-likeness (QED) is 0.673. The Hall–Kier alpha value is -1.60. The van der Waals surface area contributed by atoms with Crippen LogP contribution in [-0.4, -0.2) is 18.7 Å². The van der Waals surface area contributed by atoms with Crippen molar-refractivity contribution in [3.8, 4) is 6.07 Å². The Morgan fingerprint density at radius 3 is 2.27 bits per heavy atom. The summed E-state index contributed by atoms with van der Waals surface area (Å²) < 4.78 is 6.07. The summed E-state index contributed by atoms with van der Waals surface area (Å²) in [4.78, 5) is 6.06. The highest BCUT2D eigenvalue weighted by molar-refractivity contribution is 5.58. The molecule has 0 amide bonds. The lowest BCUT2D eigenvalue weighted by Gasteiger charge is -2.34. The first-order chi connectivity index (χ1) is 12.3. The molecule has 0 atom stereocenters. The minimum absolute atomic E-state index is 0.219. The minimum Gasteiger partial charge on any atom is -0.370 e. The van der Waals surface area contributed by atoms with E-state index in [2.05, 4.69) is 57.5 Å². The lowest BCUT2D eigenvalue weighted by atomic mass is 9.86. The number of aromatic amines is 1. The van der Waals surface area contributed by atoms with Gasteiger partial charge in [-0.25, -0.2) is 4.98 Å². The van der Waals surface area contributed by atoms with Gasteiger partial charge in [0.2, 0.25) is 0 Å². The van der Waals surface area contributed by atoms with Crippen molar-refractivity contribution in [2.75, 3.05) is 18.0 Å². The molecule has 1 aliphatic rings. The first-order valence-electron chi connectivity index (χ1n) is 10.2. The molecule has 1 aliphatic heterocycles. The van der Waals surface area contributed by atoms with E-state index in [-0.39, 0.29) is 5.60 Å². The Bertz CT molecular complexity index is 650. The largest absolute Gasteiger partial charge is 0.370 e. The van der Waals surface area contributed by atoms with E-state index < -0.39 is 0 Å². The van der Waals surface area contributed by atoms with Crippen molar-refractivity contribution < 1.29 is 9.72 Å². The molecule has 4 nitrogen and oxygen atoms in total. The summed E-state index contributed by atoms with van der Waals surface area (Å²) in [5.41, 5.74) is 4.23. The zero-order chi connectivity index (χ0) is 19.3. The average molecular weight is 359 g/mol. The summed E-state index contributed by atoms with van der Waals surface area (Å²) in [6.45, 7) is 15.7. The van der Waals surface area contributed by atoms with E-state index in [0.717, 1.165) is 56.6 Å². The Labute approximate surface area is 159 Å². The lowest BCUT2D eigenvalue weighted by Crippen LogP contribution is -2.39. The topological polar surface area (TPSA) is 50.4 Å². The molecule has 0 spiro atoms. The van der Waals surface area contributed by atoms with E-state index in [1.165, 1.54) is 16.8 Å². The van der Waals surface area contributed by atoms with Crippen LogP contribution in [0.15, 0.2) is 0 Å². The van der Waals surface area contributed by atoms with Crippen molar-refractivity contribution in [3.63, 3.8) is 0 Å².